The van der Waals surface area contributed by atoms with Gasteiger partial charge in [-0.25, -0.2) is 4.79 Å². The molecule has 2 aliphatic heterocycles. The van der Waals surface area contributed by atoms with Gasteiger partial charge in [0, 0.05) is 32.2 Å². The number of nitrogens with zero attached hydrogens (tertiary/aromatic N) is 2. The zero-order valence-corrected chi connectivity index (χ0v) is 10.4. The average molecular weight is 225 g/mol. The number of amides is 2. The summed E-state index contributed by atoms with van der Waals surface area (Å²) in [5.74, 6) is 0.676. The molecule has 0 saturated carbocycles. The third-order valence-electron chi connectivity index (χ3n) is 3.58. The van der Waals surface area contributed by atoms with Crippen molar-refractivity contribution in [2.24, 2.45) is 5.92 Å². The van der Waals surface area contributed by atoms with Gasteiger partial charge < -0.3 is 15.1 Å². The van der Waals surface area contributed by atoms with Gasteiger partial charge in [-0.05, 0) is 25.3 Å². The lowest BCUT2D eigenvalue weighted by Gasteiger charge is -2.24. The first-order valence-electron chi connectivity index (χ1n) is 6.44. The van der Waals surface area contributed by atoms with E-state index in [1.54, 1.807) is 0 Å². The second-order valence-electron chi connectivity index (χ2n) is 5.29. The molecule has 0 spiro atoms. The summed E-state index contributed by atoms with van der Waals surface area (Å²) >= 11 is 0. The zero-order valence-electron chi connectivity index (χ0n) is 10.4. The number of rotatable bonds is 4. The topological polar surface area (TPSA) is 35.6 Å². The monoisotopic (exact) mass is 225 g/mol. The molecule has 0 aliphatic carbocycles. The molecule has 1 N–H and O–H groups in total. The molecule has 4 nitrogen and oxygen atoms in total. The van der Waals surface area contributed by atoms with Crippen molar-refractivity contribution in [2.45, 2.75) is 32.7 Å². The number of nitrogens with one attached hydrogen (secondary N) is 1. The largest absolute Gasteiger partial charge is 0.323 e. The highest BCUT2D eigenvalue weighted by Crippen LogP contribution is 2.17. The van der Waals surface area contributed by atoms with Crippen LogP contribution in [0.25, 0.3) is 0 Å². The number of hydrogen-bond donors (Lipinski definition) is 1. The summed E-state index contributed by atoms with van der Waals surface area (Å²) in [7, 11) is 0. The van der Waals surface area contributed by atoms with Gasteiger partial charge >= 0.3 is 6.03 Å². The average Bonchev–Trinajstić information content (AvgIpc) is 2.84. The molecule has 0 radical (unpaired) electrons. The lowest BCUT2D eigenvalue weighted by Crippen LogP contribution is -2.40. The number of urea groups is 1. The van der Waals surface area contributed by atoms with Crippen LogP contribution in [-0.4, -0.2) is 54.6 Å². The van der Waals surface area contributed by atoms with Crippen LogP contribution in [0, 0.1) is 5.92 Å². The minimum Gasteiger partial charge on any atom is -0.323 e. The third-order valence-corrected chi connectivity index (χ3v) is 3.58. The smallest absolute Gasteiger partial charge is 0.320 e. The molecule has 0 aromatic rings. The van der Waals surface area contributed by atoms with E-state index in [0.29, 0.717) is 12.0 Å². The van der Waals surface area contributed by atoms with E-state index in [0.717, 1.165) is 45.6 Å². The maximum absolute atomic E-state index is 12.1. The molecule has 2 aliphatic rings. The maximum Gasteiger partial charge on any atom is 0.320 e. The van der Waals surface area contributed by atoms with Crippen LogP contribution < -0.4 is 5.32 Å². The van der Waals surface area contributed by atoms with E-state index in [9.17, 15) is 4.79 Å². The predicted octanol–water partition coefficient (Wildman–Crippen LogP) is 1.13. The van der Waals surface area contributed by atoms with E-state index in [4.69, 9.17) is 0 Å². The van der Waals surface area contributed by atoms with E-state index < -0.39 is 0 Å². The van der Waals surface area contributed by atoms with E-state index in [2.05, 4.69) is 24.1 Å². The summed E-state index contributed by atoms with van der Waals surface area (Å²) in [5, 5.41) is 3.32. The van der Waals surface area contributed by atoms with Gasteiger partial charge in [0.1, 0.15) is 0 Å². The van der Waals surface area contributed by atoms with Crippen molar-refractivity contribution in [3.05, 3.63) is 0 Å². The van der Waals surface area contributed by atoms with Gasteiger partial charge in [0.15, 0.2) is 0 Å². The fourth-order valence-corrected chi connectivity index (χ4v) is 2.47. The van der Waals surface area contributed by atoms with Crippen molar-refractivity contribution < 1.29 is 4.79 Å². The van der Waals surface area contributed by atoms with Crippen LogP contribution in [0.3, 0.4) is 0 Å². The molecule has 92 valence electrons. The van der Waals surface area contributed by atoms with Crippen LogP contribution in [0.4, 0.5) is 4.79 Å². The lowest BCUT2D eigenvalue weighted by atomic mass is 10.1. The van der Waals surface area contributed by atoms with Crippen molar-refractivity contribution in [1.82, 2.24) is 15.1 Å². The van der Waals surface area contributed by atoms with Crippen molar-refractivity contribution in [3.8, 4) is 0 Å². The minimum absolute atomic E-state index is 0.259. The Morgan fingerprint density at radius 1 is 1.44 bits per heavy atom. The van der Waals surface area contributed by atoms with Gasteiger partial charge in [-0.15, -0.1) is 0 Å². The summed E-state index contributed by atoms with van der Waals surface area (Å²) in [6, 6.07) is 0.700. The van der Waals surface area contributed by atoms with Crippen molar-refractivity contribution in [3.63, 3.8) is 0 Å². The Balaban J connectivity index is 1.83. The molecule has 1 atom stereocenters. The molecule has 1 unspecified atom stereocenters. The predicted molar refractivity (Wildman–Crippen MR) is 64.4 cm³/mol. The minimum atomic E-state index is 0.259. The highest BCUT2D eigenvalue weighted by Gasteiger charge is 2.34. The van der Waals surface area contributed by atoms with Crippen LogP contribution in [0.5, 0.6) is 0 Å². The molecular formula is C12H23N3O. The molecule has 2 rings (SSSR count). The van der Waals surface area contributed by atoms with Crippen LogP contribution in [0.1, 0.15) is 26.7 Å². The van der Waals surface area contributed by atoms with Gasteiger partial charge in [0.05, 0.1) is 0 Å². The SMILES string of the molecule is CC(C)CCN1CCN(C2CCNC2)C1=O. The lowest BCUT2D eigenvalue weighted by molar-refractivity contribution is 0.178. The Morgan fingerprint density at radius 3 is 2.88 bits per heavy atom. The molecule has 2 saturated heterocycles. The quantitative estimate of drug-likeness (QED) is 0.778. The molecule has 16 heavy (non-hydrogen) atoms. The summed E-state index contributed by atoms with van der Waals surface area (Å²) in [5.41, 5.74) is 0. The fraction of sp³-hybridized carbons (Fsp3) is 0.917. The van der Waals surface area contributed by atoms with Gasteiger partial charge in [-0.2, -0.15) is 0 Å². The molecule has 0 bridgehead atoms. The first kappa shape index (κ1) is 11.7. The normalized spacial score (nSPS) is 26.2. The summed E-state index contributed by atoms with van der Waals surface area (Å²) in [6.07, 6.45) is 2.23. The third kappa shape index (κ3) is 2.48. The molecule has 2 amide bonds. The van der Waals surface area contributed by atoms with Gasteiger partial charge in [-0.3, -0.25) is 0 Å². The Hall–Kier alpha value is -0.770. The molecule has 2 fully saturated rings. The van der Waals surface area contributed by atoms with Crippen LogP contribution >= 0.6 is 0 Å². The number of carbonyl (C=O) groups excluding carboxylic acids is 1. The van der Waals surface area contributed by atoms with Crippen LogP contribution in [0.2, 0.25) is 0 Å². The van der Waals surface area contributed by atoms with Crippen molar-refractivity contribution in [2.75, 3.05) is 32.7 Å². The van der Waals surface area contributed by atoms with E-state index >= 15 is 0 Å². The second-order valence-corrected chi connectivity index (χ2v) is 5.29. The molecule has 0 aromatic heterocycles. The Morgan fingerprint density at radius 2 is 2.25 bits per heavy atom. The second kappa shape index (κ2) is 5.04. The number of carbonyl (C=O) groups is 1. The molecular weight excluding hydrogens is 202 g/mol. The highest BCUT2D eigenvalue weighted by atomic mass is 16.2. The van der Waals surface area contributed by atoms with Gasteiger partial charge in [0.2, 0.25) is 0 Å². The van der Waals surface area contributed by atoms with E-state index in [1.165, 1.54) is 0 Å². The molecule has 4 heteroatoms. The fourth-order valence-electron chi connectivity index (χ4n) is 2.47. The highest BCUT2D eigenvalue weighted by molar-refractivity contribution is 5.77. The Kier molecular flexibility index (Phi) is 3.69. The zero-order chi connectivity index (χ0) is 11.5. The number of hydrogen-bond acceptors (Lipinski definition) is 2. The Labute approximate surface area is 98.0 Å². The summed E-state index contributed by atoms with van der Waals surface area (Å²) in [6.45, 7) is 9.21. The molecule has 0 aromatic carbocycles. The van der Waals surface area contributed by atoms with Gasteiger partial charge in [0.25, 0.3) is 0 Å². The summed E-state index contributed by atoms with van der Waals surface area (Å²) in [4.78, 5) is 16.2. The standard InChI is InChI=1S/C12H23N3O/c1-10(2)4-6-14-7-8-15(12(14)16)11-3-5-13-9-11/h10-11,13H,3-9H2,1-2H3. The van der Waals surface area contributed by atoms with Gasteiger partial charge in [-0.1, -0.05) is 13.8 Å². The summed E-state index contributed by atoms with van der Waals surface area (Å²) < 4.78 is 0. The van der Waals surface area contributed by atoms with Crippen molar-refractivity contribution in [1.29, 1.82) is 0 Å². The first-order chi connectivity index (χ1) is 7.68. The molecule has 2 heterocycles. The van der Waals surface area contributed by atoms with Crippen molar-refractivity contribution >= 4 is 6.03 Å². The van der Waals surface area contributed by atoms with Crippen LogP contribution in [0.15, 0.2) is 0 Å². The first-order valence-corrected chi connectivity index (χ1v) is 6.44. The van der Waals surface area contributed by atoms with E-state index in [1.807, 2.05) is 4.90 Å². The Bertz CT molecular complexity index is 249. The van der Waals surface area contributed by atoms with E-state index in [-0.39, 0.29) is 6.03 Å². The van der Waals surface area contributed by atoms with Crippen LogP contribution in [-0.2, 0) is 0 Å². The maximum atomic E-state index is 12.1.